The summed E-state index contributed by atoms with van der Waals surface area (Å²) in [5, 5.41) is 0. The number of allylic oxidation sites excluding steroid dienone is 1. The second-order valence-corrected chi connectivity index (χ2v) is 8.58. The molecular formula is C21H23NO4S. The van der Waals surface area contributed by atoms with Gasteiger partial charge in [0.15, 0.2) is 9.84 Å². The van der Waals surface area contributed by atoms with E-state index < -0.39 is 9.84 Å². The Hall–Kier alpha value is -2.44. The van der Waals surface area contributed by atoms with Crippen molar-refractivity contribution in [3.8, 4) is 0 Å². The SMILES string of the molecule is CC(=C(C(=O)N1CCOCC1)c1ccccc1)c1ccc(S(C)(=O)=O)cc1. The Balaban J connectivity index is 2.06. The summed E-state index contributed by atoms with van der Waals surface area (Å²) in [6.07, 6.45) is 1.18. The van der Waals surface area contributed by atoms with Gasteiger partial charge in [0.25, 0.3) is 5.91 Å². The van der Waals surface area contributed by atoms with E-state index in [1.807, 2.05) is 37.3 Å². The molecule has 1 amide bonds. The maximum absolute atomic E-state index is 13.3. The van der Waals surface area contributed by atoms with Crippen molar-refractivity contribution in [1.29, 1.82) is 0 Å². The topological polar surface area (TPSA) is 63.7 Å². The van der Waals surface area contributed by atoms with Crippen molar-refractivity contribution in [2.24, 2.45) is 0 Å². The number of sulfone groups is 1. The molecule has 0 N–H and O–H groups in total. The summed E-state index contributed by atoms with van der Waals surface area (Å²) in [4.78, 5) is 15.3. The number of morpholine rings is 1. The van der Waals surface area contributed by atoms with Gasteiger partial charge in [0.2, 0.25) is 0 Å². The number of carbonyl (C=O) groups is 1. The number of rotatable bonds is 4. The van der Waals surface area contributed by atoms with Crippen LogP contribution in [0, 0.1) is 0 Å². The maximum Gasteiger partial charge on any atom is 0.254 e. The highest BCUT2D eigenvalue weighted by atomic mass is 32.2. The summed E-state index contributed by atoms with van der Waals surface area (Å²) < 4.78 is 28.8. The second-order valence-electron chi connectivity index (χ2n) is 6.57. The number of benzene rings is 2. The Morgan fingerprint density at radius 2 is 1.52 bits per heavy atom. The van der Waals surface area contributed by atoms with Gasteiger partial charge < -0.3 is 9.64 Å². The Bertz CT molecular complexity index is 941. The lowest BCUT2D eigenvalue weighted by Gasteiger charge is -2.28. The summed E-state index contributed by atoms with van der Waals surface area (Å²) in [6.45, 7) is 4.10. The molecular weight excluding hydrogens is 362 g/mol. The van der Waals surface area contributed by atoms with Gasteiger partial charge in [-0.3, -0.25) is 4.79 Å². The standard InChI is InChI=1S/C21H23NO4S/c1-16(17-8-10-19(11-9-17)27(2,24)25)20(18-6-4-3-5-7-18)21(23)22-12-14-26-15-13-22/h3-11H,12-15H2,1-2H3. The number of hydrogen-bond acceptors (Lipinski definition) is 4. The van der Waals surface area contributed by atoms with Crippen LogP contribution in [-0.2, 0) is 19.4 Å². The second kappa shape index (κ2) is 8.06. The number of hydrogen-bond donors (Lipinski definition) is 0. The van der Waals surface area contributed by atoms with Gasteiger partial charge >= 0.3 is 0 Å². The highest BCUT2D eigenvalue weighted by Gasteiger charge is 2.24. The summed E-state index contributed by atoms with van der Waals surface area (Å²) in [7, 11) is -3.26. The van der Waals surface area contributed by atoms with E-state index in [4.69, 9.17) is 4.74 Å². The van der Waals surface area contributed by atoms with Crippen LogP contribution in [0.15, 0.2) is 59.5 Å². The summed E-state index contributed by atoms with van der Waals surface area (Å²) in [5.74, 6) is -0.0332. The van der Waals surface area contributed by atoms with Crippen molar-refractivity contribution in [2.75, 3.05) is 32.6 Å². The van der Waals surface area contributed by atoms with Crippen LogP contribution in [-0.4, -0.2) is 51.8 Å². The zero-order chi connectivity index (χ0) is 19.4. The third kappa shape index (κ3) is 4.46. The predicted octanol–water partition coefficient (Wildman–Crippen LogP) is 2.88. The van der Waals surface area contributed by atoms with Crippen molar-refractivity contribution >= 4 is 26.9 Å². The maximum atomic E-state index is 13.3. The molecule has 3 rings (SSSR count). The molecule has 1 aliphatic rings. The van der Waals surface area contributed by atoms with E-state index in [0.29, 0.717) is 31.9 Å². The van der Waals surface area contributed by atoms with E-state index in [-0.39, 0.29) is 10.8 Å². The summed E-state index contributed by atoms with van der Waals surface area (Å²) in [5.41, 5.74) is 3.11. The lowest BCUT2D eigenvalue weighted by Crippen LogP contribution is -2.41. The van der Waals surface area contributed by atoms with Gasteiger partial charge in [-0.05, 0) is 35.8 Å². The lowest BCUT2D eigenvalue weighted by molar-refractivity contribution is -0.128. The highest BCUT2D eigenvalue weighted by molar-refractivity contribution is 7.90. The molecule has 1 saturated heterocycles. The highest BCUT2D eigenvalue weighted by Crippen LogP contribution is 2.29. The van der Waals surface area contributed by atoms with Crippen LogP contribution < -0.4 is 0 Å². The van der Waals surface area contributed by atoms with Crippen LogP contribution in [0.2, 0.25) is 0 Å². The monoisotopic (exact) mass is 385 g/mol. The molecule has 0 unspecified atom stereocenters. The first-order valence-electron chi connectivity index (χ1n) is 8.82. The Morgan fingerprint density at radius 3 is 2.07 bits per heavy atom. The van der Waals surface area contributed by atoms with Crippen molar-refractivity contribution in [3.05, 3.63) is 65.7 Å². The molecule has 0 radical (unpaired) electrons. The fourth-order valence-corrected chi connectivity index (χ4v) is 3.76. The Labute approximate surface area is 160 Å². The normalized spacial score (nSPS) is 16.0. The van der Waals surface area contributed by atoms with Crippen molar-refractivity contribution in [3.63, 3.8) is 0 Å². The molecule has 1 fully saturated rings. The van der Waals surface area contributed by atoms with Gasteiger partial charge in [0, 0.05) is 19.3 Å². The average molecular weight is 385 g/mol. The first-order chi connectivity index (χ1) is 12.9. The number of carbonyl (C=O) groups excluding carboxylic acids is 1. The van der Waals surface area contributed by atoms with Gasteiger partial charge in [-0.1, -0.05) is 42.5 Å². The first-order valence-corrected chi connectivity index (χ1v) is 10.7. The van der Waals surface area contributed by atoms with Crippen molar-refractivity contribution in [2.45, 2.75) is 11.8 Å². The van der Waals surface area contributed by atoms with Gasteiger partial charge in [-0.2, -0.15) is 0 Å². The molecule has 6 heteroatoms. The molecule has 0 spiro atoms. The fraction of sp³-hybridized carbons (Fsp3) is 0.286. The molecule has 0 aliphatic carbocycles. The molecule has 0 aromatic heterocycles. The number of amides is 1. The van der Waals surface area contributed by atoms with E-state index in [9.17, 15) is 13.2 Å². The Kier molecular flexibility index (Phi) is 5.77. The molecule has 1 heterocycles. The molecule has 1 aliphatic heterocycles. The zero-order valence-corrected chi connectivity index (χ0v) is 16.3. The zero-order valence-electron chi connectivity index (χ0n) is 15.5. The molecule has 2 aromatic carbocycles. The minimum Gasteiger partial charge on any atom is -0.378 e. The van der Waals surface area contributed by atoms with Crippen LogP contribution in [0.25, 0.3) is 11.1 Å². The van der Waals surface area contributed by atoms with E-state index in [0.717, 1.165) is 16.7 Å². The first kappa shape index (κ1) is 19.3. The average Bonchev–Trinajstić information content (AvgIpc) is 2.69. The van der Waals surface area contributed by atoms with Crippen molar-refractivity contribution < 1.29 is 17.9 Å². The molecule has 5 nitrogen and oxygen atoms in total. The van der Waals surface area contributed by atoms with E-state index in [1.165, 1.54) is 6.26 Å². The van der Waals surface area contributed by atoms with Crippen molar-refractivity contribution in [1.82, 2.24) is 4.90 Å². The van der Waals surface area contributed by atoms with Gasteiger partial charge in [0.05, 0.1) is 23.7 Å². The summed E-state index contributed by atoms with van der Waals surface area (Å²) in [6, 6.07) is 16.2. The van der Waals surface area contributed by atoms with Crippen LogP contribution in [0.4, 0.5) is 0 Å². The van der Waals surface area contributed by atoms with E-state index >= 15 is 0 Å². The van der Waals surface area contributed by atoms with Crippen LogP contribution >= 0.6 is 0 Å². The molecule has 0 bridgehead atoms. The molecule has 0 atom stereocenters. The largest absolute Gasteiger partial charge is 0.378 e. The van der Waals surface area contributed by atoms with Gasteiger partial charge in [-0.15, -0.1) is 0 Å². The Morgan fingerprint density at radius 1 is 0.926 bits per heavy atom. The van der Waals surface area contributed by atoms with Gasteiger partial charge in [0.1, 0.15) is 0 Å². The molecule has 27 heavy (non-hydrogen) atoms. The third-order valence-corrected chi connectivity index (χ3v) is 5.79. The van der Waals surface area contributed by atoms with E-state index in [1.54, 1.807) is 29.2 Å². The smallest absolute Gasteiger partial charge is 0.254 e. The fourth-order valence-electron chi connectivity index (χ4n) is 3.13. The minimum absolute atomic E-state index is 0.0332. The molecule has 2 aromatic rings. The number of nitrogens with zero attached hydrogens (tertiary/aromatic N) is 1. The summed E-state index contributed by atoms with van der Waals surface area (Å²) >= 11 is 0. The molecule has 142 valence electrons. The molecule has 0 saturated carbocycles. The third-order valence-electron chi connectivity index (χ3n) is 4.67. The van der Waals surface area contributed by atoms with Crippen LogP contribution in [0.3, 0.4) is 0 Å². The minimum atomic E-state index is -3.26. The van der Waals surface area contributed by atoms with E-state index in [2.05, 4.69) is 0 Å². The van der Waals surface area contributed by atoms with Crippen LogP contribution in [0.1, 0.15) is 18.1 Å². The predicted molar refractivity (Wildman–Crippen MR) is 106 cm³/mol. The number of ether oxygens (including phenoxy) is 1. The van der Waals surface area contributed by atoms with Gasteiger partial charge in [-0.25, -0.2) is 8.42 Å². The van der Waals surface area contributed by atoms with Crippen LogP contribution in [0.5, 0.6) is 0 Å². The lowest BCUT2D eigenvalue weighted by atomic mass is 9.94. The quantitative estimate of drug-likeness (QED) is 0.600.